The third kappa shape index (κ3) is 4.63. The number of hydrogen-bond acceptors (Lipinski definition) is 5. The summed E-state index contributed by atoms with van der Waals surface area (Å²) in [5.74, 6) is -1.69. The Balaban J connectivity index is 1.24. The van der Waals surface area contributed by atoms with E-state index >= 15 is 0 Å². The minimum atomic E-state index is -1.14. The molecule has 8 heteroatoms. The number of nitrogens with one attached hydrogen (secondary N) is 2. The molecule has 2 amide bonds. The number of benzene rings is 2. The predicted octanol–water partition coefficient (Wildman–Crippen LogP) is 3.16. The van der Waals surface area contributed by atoms with Crippen LogP contribution in [-0.4, -0.2) is 55.5 Å². The van der Waals surface area contributed by atoms with Gasteiger partial charge in [-0.15, -0.1) is 0 Å². The number of fused-ring (bicyclic) bond motifs is 3. The van der Waals surface area contributed by atoms with E-state index in [0.717, 1.165) is 11.1 Å². The van der Waals surface area contributed by atoms with Gasteiger partial charge >= 0.3 is 12.1 Å². The standard InChI is InChI=1S/C26H30N2O6/c1-16(23(29)28-22-14-33-15-26(22,2)24(30)31)11-12-27-25(32)34-13-21-19-9-5-3-7-17(19)18-8-4-6-10-20(18)21/h3-10,16,21-22H,11-15H2,1-2H3,(H,27,32)(H,28,29)(H,30,31). The average Bonchev–Trinajstić information content (AvgIpc) is 3.36. The molecule has 180 valence electrons. The Labute approximate surface area is 198 Å². The van der Waals surface area contributed by atoms with E-state index in [4.69, 9.17) is 9.47 Å². The van der Waals surface area contributed by atoms with Gasteiger partial charge in [-0.2, -0.15) is 0 Å². The second kappa shape index (κ2) is 9.85. The van der Waals surface area contributed by atoms with Crippen molar-refractivity contribution in [1.82, 2.24) is 10.6 Å². The monoisotopic (exact) mass is 466 g/mol. The molecule has 1 aliphatic heterocycles. The molecule has 0 spiro atoms. The van der Waals surface area contributed by atoms with Gasteiger partial charge in [0.2, 0.25) is 5.91 Å². The van der Waals surface area contributed by atoms with Gasteiger partial charge in [-0.05, 0) is 35.6 Å². The van der Waals surface area contributed by atoms with E-state index in [0.29, 0.717) is 6.42 Å². The fraction of sp³-hybridized carbons (Fsp3) is 0.423. The van der Waals surface area contributed by atoms with E-state index in [9.17, 15) is 19.5 Å². The zero-order valence-corrected chi connectivity index (χ0v) is 19.4. The molecule has 2 aliphatic rings. The maximum Gasteiger partial charge on any atom is 0.407 e. The van der Waals surface area contributed by atoms with Crippen LogP contribution in [0.3, 0.4) is 0 Å². The van der Waals surface area contributed by atoms with Crippen molar-refractivity contribution in [1.29, 1.82) is 0 Å². The van der Waals surface area contributed by atoms with Crippen LogP contribution in [0, 0.1) is 11.3 Å². The minimum absolute atomic E-state index is 0.0139. The SMILES string of the molecule is CC(CCNC(=O)OCC1c2ccccc2-c2ccccc21)C(=O)NC1COCC1(C)C(=O)O. The van der Waals surface area contributed by atoms with Crippen LogP contribution in [0.2, 0.25) is 0 Å². The van der Waals surface area contributed by atoms with Gasteiger partial charge in [-0.3, -0.25) is 9.59 Å². The number of carbonyl (C=O) groups excluding carboxylic acids is 2. The van der Waals surface area contributed by atoms with Crippen molar-refractivity contribution in [3.8, 4) is 11.1 Å². The summed E-state index contributed by atoms with van der Waals surface area (Å²) in [5.41, 5.74) is 3.48. The molecule has 1 aliphatic carbocycles. The Morgan fingerprint density at radius 1 is 1.12 bits per heavy atom. The van der Waals surface area contributed by atoms with Gasteiger partial charge in [0.1, 0.15) is 12.0 Å². The Hall–Kier alpha value is -3.39. The summed E-state index contributed by atoms with van der Waals surface area (Å²) >= 11 is 0. The van der Waals surface area contributed by atoms with E-state index in [2.05, 4.69) is 34.9 Å². The summed E-state index contributed by atoms with van der Waals surface area (Å²) < 4.78 is 10.8. The van der Waals surface area contributed by atoms with Gasteiger partial charge < -0.3 is 25.2 Å². The molecule has 3 atom stereocenters. The van der Waals surface area contributed by atoms with E-state index < -0.39 is 29.4 Å². The van der Waals surface area contributed by atoms with E-state index in [-0.39, 0.29) is 38.2 Å². The maximum absolute atomic E-state index is 12.5. The normalized spacial score (nSPS) is 21.9. The Kier molecular flexibility index (Phi) is 6.88. The first-order valence-corrected chi connectivity index (χ1v) is 11.5. The van der Waals surface area contributed by atoms with Gasteiger partial charge in [0.25, 0.3) is 0 Å². The molecule has 0 bridgehead atoms. The van der Waals surface area contributed by atoms with Gasteiger partial charge in [-0.1, -0.05) is 55.5 Å². The first-order valence-electron chi connectivity index (χ1n) is 11.5. The summed E-state index contributed by atoms with van der Waals surface area (Å²) in [5, 5.41) is 14.9. The second-order valence-corrected chi connectivity index (χ2v) is 9.24. The number of carboxylic acid groups (broad SMARTS) is 1. The molecular formula is C26H30N2O6. The molecule has 4 rings (SSSR count). The molecule has 2 aromatic rings. The fourth-order valence-electron chi connectivity index (χ4n) is 4.57. The second-order valence-electron chi connectivity index (χ2n) is 9.24. The number of ether oxygens (including phenoxy) is 2. The molecule has 2 aromatic carbocycles. The fourth-order valence-corrected chi connectivity index (χ4v) is 4.57. The van der Waals surface area contributed by atoms with Gasteiger partial charge in [0.05, 0.1) is 19.3 Å². The van der Waals surface area contributed by atoms with Crippen LogP contribution >= 0.6 is 0 Å². The molecule has 1 fully saturated rings. The third-order valence-electron chi connectivity index (χ3n) is 6.90. The van der Waals surface area contributed by atoms with E-state index in [1.54, 1.807) is 13.8 Å². The molecule has 0 radical (unpaired) electrons. The molecule has 8 nitrogen and oxygen atoms in total. The Bertz CT molecular complexity index is 1040. The van der Waals surface area contributed by atoms with Crippen LogP contribution < -0.4 is 10.6 Å². The quantitative estimate of drug-likeness (QED) is 0.551. The molecule has 0 saturated carbocycles. The van der Waals surface area contributed by atoms with Crippen molar-refractivity contribution in [3.63, 3.8) is 0 Å². The Morgan fingerprint density at radius 2 is 1.74 bits per heavy atom. The number of rotatable bonds is 8. The molecule has 3 unspecified atom stereocenters. The summed E-state index contributed by atoms with van der Waals surface area (Å²) in [6.07, 6.45) is -0.134. The van der Waals surface area contributed by atoms with Gasteiger partial charge in [-0.25, -0.2) is 4.79 Å². The van der Waals surface area contributed by atoms with Crippen LogP contribution in [0.25, 0.3) is 11.1 Å². The van der Waals surface area contributed by atoms with Crippen molar-refractivity contribution in [2.75, 3.05) is 26.4 Å². The van der Waals surface area contributed by atoms with Crippen LogP contribution in [-0.2, 0) is 19.1 Å². The van der Waals surface area contributed by atoms with Crippen molar-refractivity contribution < 1.29 is 29.0 Å². The lowest BCUT2D eigenvalue weighted by molar-refractivity contribution is -0.149. The summed E-state index contributed by atoms with van der Waals surface area (Å²) in [6, 6.07) is 15.7. The number of amides is 2. The number of aliphatic carboxylic acids is 1. The van der Waals surface area contributed by atoms with Crippen molar-refractivity contribution >= 4 is 18.0 Å². The molecule has 34 heavy (non-hydrogen) atoms. The highest BCUT2D eigenvalue weighted by Crippen LogP contribution is 2.44. The largest absolute Gasteiger partial charge is 0.481 e. The third-order valence-corrected chi connectivity index (χ3v) is 6.90. The van der Waals surface area contributed by atoms with E-state index in [1.807, 2.05) is 24.3 Å². The average molecular weight is 467 g/mol. The lowest BCUT2D eigenvalue weighted by atomic mass is 9.85. The van der Waals surface area contributed by atoms with Crippen molar-refractivity contribution in [3.05, 3.63) is 59.7 Å². The van der Waals surface area contributed by atoms with Crippen LogP contribution in [0.15, 0.2) is 48.5 Å². The number of hydrogen-bond donors (Lipinski definition) is 3. The predicted molar refractivity (Wildman–Crippen MR) is 125 cm³/mol. The number of carboxylic acids is 1. The smallest absolute Gasteiger partial charge is 0.407 e. The highest BCUT2D eigenvalue weighted by atomic mass is 16.5. The lowest BCUT2D eigenvalue weighted by Crippen LogP contribution is -2.51. The Morgan fingerprint density at radius 3 is 2.35 bits per heavy atom. The topological polar surface area (TPSA) is 114 Å². The minimum Gasteiger partial charge on any atom is -0.481 e. The first kappa shape index (κ1) is 23.8. The van der Waals surface area contributed by atoms with Crippen molar-refractivity contribution in [2.24, 2.45) is 11.3 Å². The lowest BCUT2D eigenvalue weighted by Gasteiger charge is -2.26. The van der Waals surface area contributed by atoms with Crippen molar-refractivity contribution in [2.45, 2.75) is 32.2 Å². The molecule has 1 heterocycles. The molecule has 3 N–H and O–H groups in total. The number of alkyl carbamates (subject to hydrolysis) is 1. The van der Waals surface area contributed by atoms with Crippen LogP contribution in [0.5, 0.6) is 0 Å². The highest BCUT2D eigenvalue weighted by molar-refractivity contribution is 5.82. The molecule has 1 saturated heterocycles. The number of carbonyl (C=O) groups is 3. The zero-order chi connectivity index (χ0) is 24.3. The highest BCUT2D eigenvalue weighted by Gasteiger charge is 2.47. The van der Waals surface area contributed by atoms with Gasteiger partial charge in [0.15, 0.2) is 0 Å². The summed E-state index contributed by atoms with van der Waals surface area (Å²) in [7, 11) is 0. The zero-order valence-electron chi connectivity index (χ0n) is 19.4. The summed E-state index contributed by atoms with van der Waals surface area (Å²) in [4.78, 5) is 36.3. The summed E-state index contributed by atoms with van der Waals surface area (Å²) in [6.45, 7) is 4.03. The van der Waals surface area contributed by atoms with Gasteiger partial charge in [0, 0.05) is 18.4 Å². The maximum atomic E-state index is 12.5. The van der Waals surface area contributed by atoms with E-state index in [1.165, 1.54) is 11.1 Å². The first-order chi connectivity index (χ1) is 16.3. The molecule has 0 aromatic heterocycles. The van der Waals surface area contributed by atoms with Crippen LogP contribution in [0.4, 0.5) is 4.79 Å². The van der Waals surface area contributed by atoms with Crippen LogP contribution in [0.1, 0.15) is 37.3 Å². The molecular weight excluding hydrogens is 436 g/mol.